The molecule has 3 N–H and O–H groups in total. The number of nitrogens with one attached hydrogen (secondary N) is 1. The first-order valence-electron chi connectivity index (χ1n) is 10.8. The lowest BCUT2D eigenvalue weighted by Gasteiger charge is -2.50. The number of ether oxygens (including phenoxy) is 1. The lowest BCUT2D eigenvalue weighted by Crippen LogP contribution is -2.71. The van der Waals surface area contributed by atoms with Crippen molar-refractivity contribution in [1.29, 1.82) is 0 Å². The number of thioether (sulfide) groups is 1. The predicted molar refractivity (Wildman–Crippen MR) is 127 cm³/mol. The fourth-order valence-corrected chi connectivity index (χ4v) is 5.62. The van der Waals surface area contributed by atoms with Gasteiger partial charge in [0.15, 0.2) is 24.1 Å². The number of carboxylic acid groups (broad SMARTS) is 1. The summed E-state index contributed by atoms with van der Waals surface area (Å²) in [5.74, 6) is -1.78. The Bertz CT molecular complexity index is 1280. The number of amides is 2. The van der Waals surface area contributed by atoms with Gasteiger partial charge in [0.25, 0.3) is 11.8 Å². The summed E-state index contributed by atoms with van der Waals surface area (Å²) in [5, 5.41) is 17.9. The van der Waals surface area contributed by atoms with Gasteiger partial charge in [0.1, 0.15) is 23.8 Å². The van der Waals surface area contributed by atoms with Crippen LogP contribution in [0.2, 0.25) is 0 Å². The smallest absolute Gasteiger partial charge is 0.278 e. The lowest BCUT2D eigenvalue weighted by atomic mass is 10.0. The number of hydrogen-bond acceptors (Lipinski definition) is 12. The van der Waals surface area contributed by atoms with Gasteiger partial charge in [-0.25, -0.2) is 4.57 Å². The van der Waals surface area contributed by atoms with Gasteiger partial charge >= 0.3 is 0 Å². The Morgan fingerprint density at radius 1 is 1.44 bits per heavy atom. The minimum atomic E-state index is -1.46. The first-order chi connectivity index (χ1) is 17.2. The number of pyridine rings is 1. The summed E-state index contributed by atoms with van der Waals surface area (Å²) in [6.45, 7) is 4.00. The highest BCUT2D eigenvalue weighted by molar-refractivity contribution is 8.00. The van der Waals surface area contributed by atoms with Crippen molar-refractivity contribution in [2.45, 2.75) is 31.8 Å². The number of anilines is 1. The average Bonchev–Trinajstić information content (AvgIpc) is 3.28. The molecule has 0 saturated carbocycles. The molecular formula is C21H23N7O6S2. The standard InChI is InChI=1S/C21H23N7O6S2/c1-4-34-25-13(16-24-21(22)36-26-16)17(29)23-14-18(30)28-15(20(31)32)11(9-35-19(14)28)8-27-6-5-12(33-3)10(2)7-27/h5-7,14,19H,4,8-9H2,1-3H3,(H3-,22,23,24,26,29,31,32)/t14?,19-/m1/s1. The molecule has 2 aliphatic rings. The van der Waals surface area contributed by atoms with Crippen molar-refractivity contribution >= 4 is 51.9 Å². The Morgan fingerprint density at radius 3 is 2.83 bits per heavy atom. The highest BCUT2D eigenvalue weighted by Crippen LogP contribution is 2.40. The van der Waals surface area contributed by atoms with Crippen LogP contribution in [0.1, 0.15) is 18.3 Å². The van der Waals surface area contributed by atoms with Crippen LogP contribution >= 0.6 is 23.3 Å². The van der Waals surface area contributed by atoms with E-state index in [0.717, 1.165) is 22.0 Å². The van der Waals surface area contributed by atoms with E-state index in [1.165, 1.54) is 11.8 Å². The predicted octanol–water partition coefficient (Wildman–Crippen LogP) is -1.43. The van der Waals surface area contributed by atoms with Gasteiger partial charge < -0.3 is 30.5 Å². The molecule has 190 valence electrons. The molecule has 15 heteroatoms. The molecular weight excluding hydrogens is 510 g/mol. The van der Waals surface area contributed by atoms with E-state index < -0.39 is 29.2 Å². The molecule has 36 heavy (non-hydrogen) atoms. The van der Waals surface area contributed by atoms with E-state index in [9.17, 15) is 19.5 Å². The van der Waals surface area contributed by atoms with Crippen LogP contribution in [0.4, 0.5) is 5.13 Å². The topological polar surface area (TPSA) is 176 Å². The molecule has 13 nitrogen and oxygen atoms in total. The molecule has 2 aliphatic heterocycles. The maximum Gasteiger partial charge on any atom is 0.278 e. The van der Waals surface area contributed by atoms with E-state index in [1.54, 1.807) is 26.3 Å². The number of fused-ring (bicyclic) bond motifs is 1. The molecule has 0 bridgehead atoms. The Morgan fingerprint density at radius 2 is 2.22 bits per heavy atom. The molecule has 2 atom stereocenters. The maximum atomic E-state index is 13.0. The second-order valence-corrected chi connectivity index (χ2v) is 9.67. The van der Waals surface area contributed by atoms with Crippen LogP contribution in [0.25, 0.3) is 0 Å². The van der Waals surface area contributed by atoms with E-state index in [-0.39, 0.29) is 35.5 Å². The zero-order valence-electron chi connectivity index (χ0n) is 19.6. The average molecular weight is 534 g/mol. The van der Waals surface area contributed by atoms with Gasteiger partial charge in [-0.05, 0) is 13.8 Å². The number of carbonyl (C=O) groups is 3. The Labute approximate surface area is 214 Å². The van der Waals surface area contributed by atoms with Crippen LogP contribution in [0.3, 0.4) is 0 Å². The van der Waals surface area contributed by atoms with Crippen LogP contribution in [0.5, 0.6) is 5.75 Å². The molecule has 0 spiro atoms. The first-order valence-corrected chi connectivity index (χ1v) is 12.6. The first kappa shape index (κ1) is 25.4. The number of carbonyl (C=O) groups excluding carboxylic acids is 3. The van der Waals surface area contributed by atoms with E-state index in [1.807, 2.05) is 17.7 Å². The number of nitrogens with two attached hydrogens (primary N) is 1. The van der Waals surface area contributed by atoms with Crippen LogP contribution in [0.15, 0.2) is 34.9 Å². The summed E-state index contributed by atoms with van der Waals surface area (Å²) in [7, 11) is 1.57. The van der Waals surface area contributed by atoms with E-state index in [0.29, 0.717) is 17.1 Å². The second kappa shape index (κ2) is 10.5. The third-order valence-corrected chi connectivity index (χ3v) is 7.32. The number of β-lactam (4-membered cyclic amide) rings is 1. The number of aliphatic carboxylic acids is 1. The van der Waals surface area contributed by atoms with Gasteiger partial charge in [0.05, 0.1) is 24.3 Å². The van der Waals surface area contributed by atoms with Crippen molar-refractivity contribution in [1.82, 2.24) is 19.6 Å². The zero-order valence-corrected chi connectivity index (χ0v) is 21.2. The Hall–Kier alpha value is -3.72. The summed E-state index contributed by atoms with van der Waals surface area (Å²) < 4.78 is 11.0. The van der Waals surface area contributed by atoms with Crippen LogP contribution < -0.4 is 25.5 Å². The molecule has 1 fully saturated rings. The number of rotatable bonds is 9. The van der Waals surface area contributed by atoms with Gasteiger partial charge in [-0.15, -0.1) is 11.8 Å². The molecule has 2 aromatic heterocycles. The fourth-order valence-electron chi connectivity index (χ4n) is 3.85. The summed E-state index contributed by atoms with van der Waals surface area (Å²) in [6, 6.07) is 0.803. The highest BCUT2D eigenvalue weighted by atomic mass is 32.2. The quantitative estimate of drug-likeness (QED) is 0.168. The number of nitrogens with zero attached hydrogens (tertiary/aromatic N) is 5. The van der Waals surface area contributed by atoms with Crippen molar-refractivity contribution in [3.63, 3.8) is 0 Å². The highest BCUT2D eigenvalue weighted by Gasteiger charge is 2.53. The lowest BCUT2D eigenvalue weighted by molar-refractivity contribution is -0.689. The zero-order chi connectivity index (χ0) is 26.0. The van der Waals surface area contributed by atoms with Gasteiger partial charge in [-0.1, -0.05) is 5.16 Å². The van der Waals surface area contributed by atoms with E-state index >= 15 is 0 Å². The minimum Gasteiger partial charge on any atom is -0.543 e. The summed E-state index contributed by atoms with van der Waals surface area (Å²) in [4.78, 5) is 48.0. The number of methoxy groups -OCH3 is 1. The van der Waals surface area contributed by atoms with E-state index in [2.05, 4.69) is 19.8 Å². The largest absolute Gasteiger partial charge is 0.543 e. The molecule has 0 aromatic carbocycles. The maximum absolute atomic E-state index is 13.0. The summed E-state index contributed by atoms with van der Waals surface area (Å²) >= 11 is 2.22. The Kier molecular flexibility index (Phi) is 7.40. The number of aryl methyl sites for hydroxylation is 1. The van der Waals surface area contributed by atoms with Gasteiger partial charge in [0.2, 0.25) is 11.5 Å². The van der Waals surface area contributed by atoms with Crippen molar-refractivity contribution in [3.05, 3.63) is 41.1 Å². The molecule has 4 heterocycles. The number of nitrogen functional groups attached to an aromatic ring is 1. The second-order valence-electron chi connectivity index (χ2n) is 7.78. The molecule has 2 amide bonds. The monoisotopic (exact) mass is 533 g/mol. The van der Waals surface area contributed by atoms with Gasteiger partial charge in [0, 0.05) is 28.9 Å². The van der Waals surface area contributed by atoms with Crippen LogP contribution in [-0.4, -0.2) is 68.6 Å². The van der Waals surface area contributed by atoms with Crippen molar-refractivity contribution in [2.75, 3.05) is 25.2 Å². The van der Waals surface area contributed by atoms with Crippen molar-refractivity contribution < 1.29 is 33.6 Å². The number of oxime groups is 1. The third-order valence-electron chi connectivity index (χ3n) is 5.44. The van der Waals surface area contributed by atoms with Crippen LogP contribution in [-0.2, 0) is 25.8 Å². The van der Waals surface area contributed by atoms with E-state index in [4.69, 9.17) is 15.3 Å². The number of aromatic nitrogens is 3. The van der Waals surface area contributed by atoms with Crippen LogP contribution in [0, 0.1) is 6.92 Å². The third kappa shape index (κ3) is 4.83. The summed E-state index contributed by atoms with van der Waals surface area (Å²) in [6.07, 6.45) is 3.59. The van der Waals surface area contributed by atoms with Gasteiger partial charge in [-0.2, -0.15) is 9.36 Å². The van der Waals surface area contributed by atoms with Crippen molar-refractivity contribution in [2.24, 2.45) is 5.16 Å². The summed E-state index contributed by atoms with van der Waals surface area (Å²) in [5.41, 5.74) is 6.58. The normalized spacial score (nSPS) is 19.5. The SMILES string of the molecule is CCON=C(C(=O)NC1C(=O)N2C(C(=O)[O-])=C(C[n+]3ccc(OC)c(C)c3)CS[C@H]12)c1nsc(N)n1. The molecule has 4 rings (SSSR count). The van der Waals surface area contributed by atoms with Crippen molar-refractivity contribution in [3.8, 4) is 5.75 Å². The molecule has 2 aromatic rings. The molecule has 1 unspecified atom stereocenters. The molecule has 1 saturated heterocycles. The van der Waals surface area contributed by atoms with Gasteiger partial charge in [-0.3, -0.25) is 14.5 Å². The number of hydrogen-bond donors (Lipinski definition) is 2. The number of carboxylic acids is 1. The Balaban J connectivity index is 1.53. The molecule has 0 aliphatic carbocycles. The molecule has 0 radical (unpaired) electrons. The minimum absolute atomic E-state index is 0.0345. The fraction of sp³-hybridized carbons (Fsp3) is 0.381.